The minimum absolute atomic E-state index is 0.386. The van der Waals surface area contributed by atoms with Crippen molar-refractivity contribution in [1.82, 2.24) is 0 Å². The van der Waals surface area contributed by atoms with Gasteiger partial charge < -0.3 is 13.9 Å². The summed E-state index contributed by atoms with van der Waals surface area (Å²) in [4.78, 5) is 8.94. The van der Waals surface area contributed by atoms with Gasteiger partial charge in [-0.15, -0.1) is 0 Å². The van der Waals surface area contributed by atoms with Gasteiger partial charge in [0.15, 0.2) is 0 Å². The second-order valence-corrected chi connectivity index (χ2v) is 3.28. The smallest absolute Gasteiger partial charge is 0.328 e. The van der Waals surface area contributed by atoms with Crippen LogP contribution in [0.15, 0.2) is 30.3 Å². The number of rotatable bonds is 4. The van der Waals surface area contributed by atoms with Crippen LogP contribution in [0.1, 0.15) is 5.56 Å². The minimum atomic E-state index is -1.70. The molecule has 0 radical (unpaired) electrons. The van der Waals surface area contributed by atoms with Crippen LogP contribution >= 0.6 is 8.60 Å². The van der Waals surface area contributed by atoms with Gasteiger partial charge >= 0.3 is 8.60 Å². The first-order valence-electron chi connectivity index (χ1n) is 3.53. The first-order chi connectivity index (χ1) is 5.83. The zero-order valence-electron chi connectivity index (χ0n) is 6.80. The van der Waals surface area contributed by atoms with Gasteiger partial charge in [0.2, 0.25) is 0 Å². The lowest BCUT2D eigenvalue weighted by Gasteiger charge is -2.06. The quantitative estimate of drug-likeness (QED) is 0.731. The molecule has 1 N–H and O–H groups in total. The van der Waals surface area contributed by atoms with Gasteiger partial charge in [0.25, 0.3) is 0 Å². The minimum Gasteiger partial charge on any atom is -0.328 e. The molecule has 0 bridgehead atoms. The van der Waals surface area contributed by atoms with Crippen molar-refractivity contribution in [2.45, 2.75) is 6.61 Å². The fourth-order valence-electron chi connectivity index (χ4n) is 0.757. The van der Waals surface area contributed by atoms with Crippen LogP contribution in [-0.2, 0) is 15.7 Å². The second-order valence-electron chi connectivity index (χ2n) is 2.18. The molecule has 0 aliphatic heterocycles. The average molecular weight is 186 g/mol. The van der Waals surface area contributed by atoms with Crippen LogP contribution < -0.4 is 0 Å². The Kier molecular flexibility index (Phi) is 4.19. The van der Waals surface area contributed by atoms with Crippen LogP contribution in [0.5, 0.6) is 0 Å². The highest BCUT2D eigenvalue weighted by molar-refractivity contribution is 7.40. The summed E-state index contributed by atoms with van der Waals surface area (Å²) in [6, 6.07) is 9.63. The summed E-state index contributed by atoms with van der Waals surface area (Å²) in [6.45, 7) is 0.386. The Hall–Kier alpha value is -0.470. The van der Waals surface area contributed by atoms with Crippen molar-refractivity contribution in [3.63, 3.8) is 0 Å². The van der Waals surface area contributed by atoms with Gasteiger partial charge in [-0.25, -0.2) is 0 Å². The van der Waals surface area contributed by atoms with Gasteiger partial charge in [-0.1, -0.05) is 30.3 Å². The van der Waals surface area contributed by atoms with E-state index in [0.29, 0.717) is 6.61 Å². The second kappa shape index (κ2) is 5.22. The molecule has 0 saturated carbocycles. The highest BCUT2D eigenvalue weighted by Crippen LogP contribution is 2.32. The first kappa shape index (κ1) is 9.62. The summed E-state index contributed by atoms with van der Waals surface area (Å²) in [5.74, 6) is 0. The van der Waals surface area contributed by atoms with Crippen LogP contribution in [0.25, 0.3) is 0 Å². The van der Waals surface area contributed by atoms with Gasteiger partial charge in [0.1, 0.15) is 0 Å². The molecule has 1 atom stereocenters. The van der Waals surface area contributed by atoms with Crippen LogP contribution in [0, 0.1) is 0 Å². The Morgan fingerprint density at radius 3 is 2.58 bits per heavy atom. The normalized spacial score (nSPS) is 12.8. The third-order valence-electron chi connectivity index (χ3n) is 1.34. The highest BCUT2D eigenvalue weighted by atomic mass is 31.2. The zero-order chi connectivity index (χ0) is 8.81. The lowest BCUT2D eigenvalue weighted by molar-refractivity contribution is 0.221. The molecule has 1 aromatic carbocycles. The first-order valence-corrected chi connectivity index (χ1v) is 4.66. The molecule has 0 fully saturated rings. The summed E-state index contributed by atoms with van der Waals surface area (Å²) in [7, 11) is -0.289. The Labute approximate surface area is 72.9 Å². The van der Waals surface area contributed by atoms with E-state index in [-0.39, 0.29) is 0 Å². The molecule has 0 aromatic heterocycles. The van der Waals surface area contributed by atoms with Crippen molar-refractivity contribution in [3.05, 3.63) is 35.9 Å². The summed E-state index contributed by atoms with van der Waals surface area (Å²) < 4.78 is 9.55. The molecule has 0 aliphatic rings. The Bertz CT molecular complexity index is 215. The van der Waals surface area contributed by atoms with Gasteiger partial charge in [-0.05, 0) is 5.56 Å². The molecule has 0 amide bonds. The standard InChI is InChI=1S/C8H11O3P/c1-10-12(9)11-7-8-5-3-2-4-6-8/h2-6,9H,7H2,1H3. The van der Waals surface area contributed by atoms with E-state index in [1.165, 1.54) is 7.11 Å². The molecule has 0 aliphatic carbocycles. The Balaban J connectivity index is 2.33. The summed E-state index contributed by atoms with van der Waals surface area (Å²) in [6.07, 6.45) is 0. The maximum absolute atomic E-state index is 8.94. The maximum atomic E-state index is 8.94. The van der Waals surface area contributed by atoms with Crippen LogP contribution in [0.4, 0.5) is 0 Å². The maximum Gasteiger partial charge on any atom is 0.329 e. The molecule has 1 rings (SSSR count). The van der Waals surface area contributed by atoms with E-state index < -0.39 is 8.60 Å². The van der Waals surface area contributed by atoms with Crippen LogP contribution in [0.3, 0.4) is 0 Å². The molecule has 0 heterocycles. The van der Waals surface area contributed by atoms with Crippen molar-refractivity contribution < 1.29 is 13.9 Å². The zero-order valence-corrected chi connectivity index (χ0v) is 7.70. The largest absolute Gasteiger partial charge is 0.329 e. The van der Waals surface area contributed by atoms with Crippen molar-refractivity contribution in [2.75, 3.05) is 7.11 Å². The van der Waals surface area contributed by atoms with Crippen molar-refractivity contribution in [3.8, 4) is 0 Å². The van der Waals surface area contributed by atoms with E-state index >= 15 is 0 Å². The molecular formula is C8H11O3P. The fraction of sp³-hybridized carbons (Fsp3) is 0.250. The van der Waals surface area contributed by atoms with E-state index in [2.05, 4.69) is 4.52 Å². The Morgan fingerprint density at radius 2 is 2.00 bits per heavy atom. The molecule has 66 valence electrons. The van der Waals surface area contributed by atoms with E-state index in [9.17, 15) is 0 Å². The van der Waals surface area contributed by atoms with Crippen LogP contribution in [-0.4, -0.2) is 12.0 Å². The SMILES string of the molecule is COP(O)OCc1ccccc1. The van der Waals surface area contributed by atoms with Gasteiger partial charge in [-0.3, -0.25) is 0 Å². The van der Waals surface area contributed by atoms with Gasteiger partial charge in [-0.2, -0.15) is 0 Å². The van der Waals surface area contributed by atoms with E-state index in [0.717, 1.165) is 5.56 Å². The monoisotopic (exact) mass is 186 g/mol. The van der Waals surface area contributed by atoms with Gasteiger partial charge in [0, 0.05) is 7.11 Å². The molecule has 1 unspecified atom stereocenters. The third kappa shape index (κ3) is 3.28. The molecule has 1 aromatic rings. The highest BCUT2D eigenvalue weighted by Gasteiger charge is 2.02. The van der Waals surface area contributed by atoms with Crippen molar-refractivity contribution in [1.29, 1.82) is 0 Å². The topological polar surface area (TPSA) is 38.7 Å². The Morgan fingerprint density at radius 1 is 1.33 bits per heavy atom. The predicted molar refractivity (Wildman–Crippen MR) is 47.4 cm³/mol. The lowest BCUT2D eigenvalue weighted by Crippen LogP contribution is -1.88. The van der Waals surface area contributed by atoms with E-state index in [1.807, 2.05) is 30.3 Å². The molecule has 0 spiro atoms. The summed E-state index contributed by atoms with van der Waals surface area (Å²) >= 11 is 0. The molecule has 0 saturated heterocycles. The van der Waals surface area contributed by atoms with Gasteiger partial charge in [0.05, 0.1) is 6.61 Å². The van der Waals surface area contributed by atoms with Crippen molar-refractivity contribution >= 4 is 8.60 Å². The van der Waals surface area contributed by atoms with E-state index in [1.54, 1.807) is 0 Å². The molecule has 3 nitrogen and oxygen atoms in total. The summed E-state index contributed by atoms with van der Waals surface area (Å²) in [5.41, 5.74) is 1.02. The summed E-state index contributed by atoms with van der Waals surface area (Å²) in [5, 5.41) is 0. The van der Waals surface area contributed by atoms with Crippen molar-refractivity contribution in [2.24, 2.45) is 0 Å². The fourth-order valence-corrected chi connectivity index (χ4v) is 1.12. The third-order valence-corrected chi connectivity index (χ3v) is 2.00. The van der Waals surface area contributed by atoms with E-state index in [4.69, 9.17) is 9.42 Å². The van der Waals surface area contributed by atoms with Crippen LogP contribution in [0.2, 0.25) is 0 Å². The number of hydrogen-bond acceptors (Lipinski definition) is 3. The number of benzene rings is 1. The lowest BCUT2D eigenvalue weighted by atomic mass is 10.2. The molecular weight excluding hydrogens is 175 g/mol. The molecule has 12 heavy (non-hydrogen) atoms. The molecule has 4 heteroatoms. The number of hydrogen-bond donors (Lipinski definition) is 1. The average Bonchev–Trinajstić information content (AvgIpc) is 2.16. The predicted octanol–water partition coefficient (Wildman–Crippen LogP) is 2.07.